The molecular weight excluding hydrogens is 260 g/mol. The first-order valence-electron chi connectivity index (χ1n) is 6.45. The Labute approximate surface area is 118 Å². The van der Waals surface area contributed by atoms with E-state index in [1.807, 2.05) is 18.0 Å². The zero-order chi connectivity index (χ0) is 15.3. The van der Waals surface area contributed by atoms with Gasteiger partial charge in [0.05, 0.1) is 18.1 Å². The van der Waals surface area contributed by atoms with Gasteiger partial charge in [0.2, 0.25) is 0 Å². The summed E-state index contributed by atoms with van der Waals surface area (Å²) in [5, 5.41) is 29.5. The quantitative estimate of drug-likeness (QED) is 0.582. The van der Waals surface area contributed by atoms with Gasteiger partial charge >= 0.3 is 0 Å². The fraction of sp³-hybridized carbons (Fsp3) is 0.571. The van der Waals surface area contributed by atoms with Crippen molar-refractivity contribution in [2.45, 2.75) is 20.4 Å². The first-order valence-corrected chi connectivity index (χ1v) is 6.45. The van der Waals surface area contributed by atoms with Crippen LogP contribution in [0.4, 0.5) is 5.69 Å². The first-order chi connectivity index (χ1) is 9.31. The van der Waals surface area contributed by atoms with Crippen LogP contribution in [-0.2, 0) is 6.54 Å². The number of aliphatic hydroxyl groups excluding tert-OH is 2. The van der Waals surface area contributed by atoms with Crippen molar-refractivity contribution in [2.75, 3.05) is 26.8 Å². The molecule has 0 amide bonds. The van der Waals surface area contributed by atoms with E-state index in [0.717, 1.165) is 5.56 Å². The van der Waals surface area contributed by atoms with Gasteiger partial charge in [0.15, 0.2) is 0 Å². The van der Waals surface area contributed by atoms with Gasteiger partial charge in [-0.1, -0.05) is 19.1 Å². The number of nitro groups is 1. The van der Waals surface area contributed by atoms with Gasteiger partial charge in [-0.15, -0.1) is 0 Å². The maximum Gasteiger partial charge on any atom is 0.272 e. The lowest BCUT2D eigenvalue weighted by atomic mass is 9.92. The van der Waals surface area contributed by atoms with Gasteiger partial charge < -0.3 is 15.1 Å². The molecule has 0 aliphatic heterocycles. The van der Waals surface area contributed by atoms with E-state index in [9.17, 15) is 20.3 Å². The van der Waals surface area contributed by atoms with E-state index in [-0.39, 0.29) is 23.8 Å². The Bertz CT molecular complexity index is 472. The van der Waals surface area contributed by atoms with Gasteiger partial charge in [-0.05, 0) is 19.5 Å². The van der Waals surface area contributed by atoms with Crippen molar-refractivity contribution in [1.29, 1.82) is 0 Å². The molecule has 20 heavy (non-hydrogen) atoms. The highest BCUT2D eigenvalue weighted by Gasteiger charge is 2.24. The van der Waals surface area contributed by atoms with E-state index < -0.39 is 5.41 Å². The van der Waals surface area contributed by atoms with E-state index in [1.54, 1.807) is 26.0 Å². The van der Waals surface area contributed by atoms with Crippen LogP contribution in [0, 0.1) is 22.5 Å². The molecule has 0 saturated carbocycles. The second-order valence-corrected chi connectivity index (χ2v) is 5.68. The predicted molar refractivity (Wildman–Crippen MR) is 76.4 cm³/mol. The Morgan fingerprint density at radius 2 is 1.95 bits per heavy atom. The molecule has 1 aromatic carbocycles. The van der Waals surface area contributed by atoms with Gasteiger partial charge in [0.1, 0.15) is 0 Å². The fourth-order valence-corrected chi connectivity index (χ4v) is 2.12. The average molecular weight is 282 g/mol. The topological polar surface area (TPSA) is 86.8 Å². The van der Waals surface area contributed by atoms with Crippen LogP contribution in [0.2, 0.25) is 0 Å². The van der Waals surface area contributed by atoms with Gasteiger partial charge in [0, 0.05) is 30.1 Å². The molecule has 0 aliphatic carbocycles. The summed E-state index contributed by atoms with van der Waals surface area (Å²) in [5.41, 5.74) is 1.01. The van der Waals surface area contributed by atoms with Crippen LogP contribution >= 0.6 is 0 Å². The third kappa shape index (κ3) is 4.26. The summed E-state index contributed by atoms with van der Waals surface area (Å²) in [6.07, 6.45) is 0. The highest BCUT2D eigenvalue weighted by atomic mass is 16.6. The third-order valence-electron chi connectivity index (χ3n) is 3.34. The minimum absolute atomic E-state index is 0.109. The lowest BCUT2D eigenvalue weighted by Gasteiger charge is -2.30. The van der Waals surface area contributed by atoms with Crippen LogP contribution in [0.15, 0.2) is 18.2 Å². The molecule has 1 aromatic rings. The van der Waals surface area contributed by atoms with E-state index in [1.165, 1.54) is 0 Å². The summed E-state index contributed by atoms with van der Waals surface area (Å²) >= 11 is 0. The molecule has 1 rings (SSSR count). The second-order valence-electron chi connectivity index (χ2n) is 5.68. The third-order valence-corrected chi connectivity index (χ3v) is 3.34. The van der Waals surface area contributed by atoms with Gasteiger partial charge in [-0.3, -0.25) is 10.1 Å². The molecule has 0 bridgehead atoms. The summed E-state index contributed by atoms with van der Waals surface area (Å²) < 4.78 is 0. The van der Waals surface area contributed by atoms with Crippen molar-refractivity contribution in [1.82, 2.24) is 4.90 Å². The maximum atomic E-state index is 10.9. The largest absolute Gasteiger partial charge is 0.396 e. The molecule has 0 spiro atoms. The van der Waals surface area contributed by atoms with Crippen molar-refractivity contribution in [3.63, 3.8) is 0 Å². The van der Waals surface area contributed by atoms with Crippen molar-refractivity contribution in [2.24, 2.45) is 5.41 Å². The second kappa shape index (κ2) is 6.78. The van der Waals surface area contributed by atoms with E-state index in [4.69, 9.17) is 0 Å². The minimum atomic E-state index is -0.578. The molecule has 6 heteroatoms. The van der Waals surface area contributed by atoms with Crippen molar-refractivity contribution in [3.8, 4) is 0 Å². The summed E-state index contributed by atoms with van der Waals surface area (Å²) in [6.45, 7) is 4.31. The summed E-state index contributed by atoms with van der Waals surface area (Å²) in [5.74, 6) is 0. The molecule has 0 saturated heterocycles. The Morgan fingerprint density at radius 1 is 1.35 bits per heavy atom. The zero-order valence-electron chi connectivity index (χ0n) is 12.2. The number of benzene rings is 1. The molecule has 0 atom stereocenters. The monoisotopic (exact) mass is 282 g/mol. The zero-order valence-corrected chi connectivity index (χ0v) is 12.2. The SMILES string of the molecule is Cc1ccc(CN(C)CC(C)(CO)CO)cc1[N+](=O)[O-]. The summed E-state index contributed by atoms with van der Waals surface area (Å²) in [6, 6.07) is 5.16. The van der Waals surface area contributed by atoms with Gasteiger partial charge in [-0.25, -0.2) is 0 Å². The highest BCUT2D eigenvalue weighted by molar-refractivity contribution is 5.42. The molecule has 0 radical (unpaired) electrons. The molecule has 0 aromatic heterocycles. The van der Waals surface area contributed by atoms with Crippen LogP contribution in [-0.4, -0.2) is 46.8 Å². The van der Waals surface area contributed by atoms with E-state index >= 15 is 0 Å². The van der Waals surface area contributed by atoms with Gasteiger partial charge in [0.25, 0.3) is 5.69 Å². The maximum absolute atomic E-state index is 10.9. The fourth-order valence-electron chi connectivity index (χ4n) is 2.12. The van der Waals surface area contributed by atoms with Crippen molar-refractivity contribution in [3.05, 3.63) is 39.4 Å². The van der Waals surface area contributed by atoms with Crippen LogP contribution in [0.25, 0.3) is 0 Å². The van der Waals surface area contributed by atoms with Crippen molar-refractivity contribution < 1.29 is 15.1 Å². The number of nitro benzene ring substituents is 1. The smallest absolute Gasteiger partial charge is 0.272 e. The minimum Gasteiger partial charge on any atom is -0.396 e. The number of hydrogen-bond acceptors (Lipinski definition) is 5. The van der Waals surface area contributed by atoms with E-state index in [0.29, 0.717) is 18.7 Å². The number of aryl methyl sites for hydroxylation is 1. The lowest BCUT2D eigenvalue weighted by Crippen LogP contribution is -2.38. The number of aliphatic hydroxyl groups is 2. The molecule has 6 nitrogen and oxygen atoms in total. The Balaban J connectivity index is 2.78. The van der Waals surface area contributed by atoms with Crippen LogP contribution in [0.3, 0.4) is 0 Å². The van der Waals surface area contributed by atoms with Crippen LogP contribution in [0.5, 0.6) is 0 Å². The molecule has 0 unspecified atom stereocenters. The first kappa shape index (κ1) is 16.6. The van der Waals surface area contributed by atoms with Crippen LogP contribution < -0.4 is 0 Å². The van der Waals surface area contributed by atoms with E-state index in [2.05, 4.69) is 0 Å². The highest BCUT2D eigenvalue weighted by Crippen LogP contribution is 2.21. The summed E-state index contributed by atoms with van der Waals surface area (Å²) in [4.78, 5) is 12.5. The number of hydrogen-bond donors (Lipinski definition) is 2. The molecule has 0 heterocycles. The Morgan fingerprint density at radius 3 is 2.45 bits per heavy atom. The molecule has 112 valence electrons. The molecule has 2 N–H and O–H groups in total. The molecule has 0 aliphatic rings. The number of rotatable bonds is 7. The standard InChI is InChI=1S/C14H22N2O4/c1-11-4-5-12(6-13(11)16(19)20)7-15(3)8-14(2,9-17)10-18/h4-6,17-18H,7-10H2,1-3H3. The normalized spacial score (nSPS) is 11.9. The van der Waals surface area contributed by atoms with Gasteiger partial charge in [-0.2, -0.15) is 0 Å². The Hall–Kier alpha value is -1.50. The summed E-state index contributed by atoms with van der Waals surface area (Å²) in [7, 11) is 1.86. The molecule has 0 fully saturated rings. The average Bonchev–Trinajstić information content (AvgIpc) is 2.40. The van der Waals surface area contributed by atoms with Crippen LogP contribution in [0.1, 0.15) is 18.1 Å². The lowest BCUT2D eigenvalue weighted by molar-refractivity contribution is -0.385. The van der Waals surface area contributed by atoms with Crippen molar-refractivity contribution >= 4 is 5.69 Å². The predicted octanol–water partition coefficient (Wildman–Crippen LogP) is 1.33. The number of nitrogens with zero attached hydrogens (tertiary/aromatic N) is 2. The molecular formula is C14H22N2O4. The Kier molecular flexibility index (Phi) is 5.62.